The van der Waals surface area contributed by atoms with E-state index in [0.717, 1.165) is 4.47 Å². The van der Waals surface area contributed by atoms with E-state index in [0.29, 0.717) is 20.7 Å². The molecule has 0 fully saturated rings. The Morgan fingerprint density at radius 1 is 1.11 bits per heavy atom. The van der Waals surface area contributed by atoms with E-state index in [-0.39, 0.29) is 11.5 Å². The summed E-state index contributed by atoms with van der Waals surface area (Å²) in [4.78, 5) is 4.12. The summed E-state index contributed by atoms with van der Waals surface area (Å²) in [5.41, 5.74) is 0.851. The minimum atomic E-state index is 0.0224. The lowest BCUT2D eigenvalue weighted by Crippen LogP contribution is -1.84. The molecule has 0 atom stereocenters. The van der Waals surface area contributed by atoms with Crippen molar-refractivity contribution >= 4 is 55.4 Å². The standard InChI is InChI=1S/C13H8Br2ClNO2/c14-8-3-7(13(19)10(15)4-8)6-17-11-5-9(16)1-2-12(11)18/h1-6,18-19H. The van der Waals surface area contributed by atoms with Gasteiger partial charge in [0.15, 0.2) is 0 Å². The van der Waals surface area contributed by atoms with Crippen LogP contribution in [0.4, 0.5) is 5.69 Å². The molecule has 0 amide bonds. The van der Waals surface area contributed by atoms with Crippen LogP contribution in [0.1, 0.15) is 5.56 Å². The summed E-state index contributed by atoms with van der Waals surface area (Å²) >= 11 is 12.4. The molecule has 2 rings (SSSR count). The van der Waals surface area contributed by atoms with Crippen molar-refractivity contribution in [3.63, 3.8) is 0 Å². The second-order valence-electron chi connectivity index (χ2n) is 3.72. The fraction of sp³-hybridized carbons (Fsp3) is 0. The van der Waals surface area contributed by atoms with Gasteiger partial charge >= 0.3 is 0 Å². The third-order valence-corrected chi connectivity index (χ3v) is 3.64. The first-order valence-corrected chi connectivity index (χ1v) is 7.14. The summed E-state index contributed by atoms with van der Waals surface area (Å²) in [5, 5.41) is 20.0. The number of aliphatic imine (C=N–C) groups is 1. The zero-order valence-electron chi connectivity index (χ0n) is 9.44. The van der Waals surface area contributed by atoms with Crippen LogP contribution in [0, 0.1) is 0 Å². The Morgan fingerprint density at radius 3 is 2.58 bits per heavy atom. The highest BCUT2D eigenvalue weighted by molar-refractivity contribution is 9.11. The van der Waals surface area contributed by atoms with Crippen LogP contribution in [0.5, 0.6) is 11.5 Å². The van der Waals surface area contributed by atoms with Crippen molar-refractivity contribution in [2.24, 2.45) is 4.99 Å². The zero-order chi connectivity index (χ0) is 14.0. The van der Waals surface area contributed by atoms with Gasteiger partial charge in [-0.3, -0.25) is 4.99 Å². The predicted octanol–water partition coefficient (Wildman–Crippen LogP) is 5.03. The summed E-state index contributed by atoms with van der Waals surface area (Å²) in [7, 11) is 0. The quantitative estimate of drug-likeness (QED) is 0.689. The Hall–Kier alpha value is -1.04. The first kappa shape index (κ1) is 14.4. The molecule has 2 N–H and O–H groups in total. The summed E-state index contributed by atoms with van der Waals surface area (Å²) in [5.74, 6) is 0.0997. The first-order valence-electron chi connectivity index (χ1n) is 5.18. The van der Waals surface area contributed by atoms with E-state index in [9.17, 15) is 10.2 Å². The Kier molecular flexibility index (Phi) is 4.50. The number of halogens is 3. The molecule has 3 nitrogen and oxygen atoms in total. The highest BCUT2D eigenvalue weighted by Crippen LogP contribution is 2.32. The molecule has 98 valence electrons. The molecular weight excluding hydrogens is 397 g/mol. The minimum Gasteiger partial charge on any atom is -0.506 e. The molecule has 2 aromatic rings. The molecule has 19 heavy (non-hydrogen) atoms. The van der Waals surface area contributed by atoms with Crippen molar-refractivity contribution < 1.29 is 10.2 Å². The maximum atomic E-state index is 9.88. The Labute approximate surface area is 131 Å². The molecule has 0 aliphatic carbocycles. The summed E-state index contributed by atoms with van der Waals surface area (Å²) in [6.45, 7) is 0. The van der Waals surface area contributed by atoms with Crippen molar-refractivity contribution in [2.45, 2.75) is 0 Å². The lowest BCUT2D eigenvalue weighted by Gasteiger charge is -2.03. The van der Waals surface area contributed by atoms with Crippen molar-refractivity contribution in [3.05, 3.63) is 49.9 Å². The van der Waals surface area contributed by atoms with E-state index in [1.165, 1.54) is 18.3 Å². The monoisotopic (exact) mass is 403 g/mol. The van der Waals surface area contributed by atoms with Crippen molar-refractivity contribution in [1.29, 1.82) is 0 Å². The van der Waals surface area contributed by atoms with Crippen LogP contribution >= 0.6 is 43.5 Å². The number of phenolic OH excluding ortho intramolecular Hbond substituents is 2. The molecule has 0 spiro atoms. The number of rotatable bonds is 2. The number of hydrogen-bond acceptors (Lipinski definition) is 3. The fourth-order valence-corrected chi connectivity index (χ4v) is 2.85. The smallest absolute Gasteiger partial charge is 0.141 e. The number of hydrogen-bond donors (Lipinski definition) is 2. The second-order valence-corrected chi connectivity index (χ2v) is 5.92. The van der Waals surface area contributed by atoms with E-state index < -0.39 is 0 Å². The highest BCUT2D eigenvalue weighted by atomic mass is 79.9. The number of phenols is 2. The first-order chi connectivity index (χ1) is 8.97. The van der Waals surface area contributed by atoms with Crippen molar-refractivity contribution in [3.8, 4) is 11.5 Å². The molecule has 6 heteroatoms. The van der Waals surface area contributed by atoms with Gasteiger partial charge in [0, 0.05) is 21.3 Å². The molecule has 0 saturated heterocycles. The van der Waals surface area contributed by atoms with Gasteiger partial charge in [-0.2, -0.15) is 0 Å². The molecule has 0 saturated carbocycles. The van der Waals surface area contributed by atoms with E-state index in [1.54, 1.807) is 18.2 Å². The topological polar surface area (TPSA) is 52.8 Å². The number of aromatic hydroxyl groups is 2. The number of benzene rings is 2. The Bertz CT molecular complexity index is 659. The van der Waals surface area contributed by atoms with Crippen molar-refractivity contribution in [2.75, 3.05) is 0 Å². The maximum Gasteiger partial charge on any atom is 0.141 e. The second kappa shape index (κ2) is 5.94. The molecule has 0 aliphatic heterocycles. The van der Waals surface area contributed by atoms with Crippen LogP contribution in [0.25, 0.3) is 0 Å². The number of nitrogens with zero attached hydrogens (tertiary/aromatic N) is 1. The van der Waals surface area contributed by atoms with Crippen LogP contribution < -0.4 is 0 Å². The molecule has 0 bridgehead atoms. The summed E-state index contributed by atoms with van der Waals surface area (Å²) in [6.07, 6.45) is 1.45. The van der Waals surface area contributed by atoms with Gasteiger partial charge in [0.25, 0.3) is 0 Å². The zero-order valence-corrected chi connectivity index (χ0v) is 13.4. The van der Waals surface area contributed by atoms with Crippen LogP contribution in [-0.4, -0.2) is 16.4 Å². The average molecular weight is 405 g/mol. The third kappa shape index (κ3) is 3.49. The van der Waals surface area contributed by atoms with Gasteiger partial charge in [-0.15, -0.1) is 0 Å². The fourth-order valence-electron chi connectivity index (χ4n) is 1.42. The van der Waals surface area contributed by atoms with Crippen LogP contribution in [-0.2, 0) is 0 Å². The normalized spacial score (nSPS) is 11.1. The molecule has 0 aromatic heterocycles. The lowest BCUT2D eigenvalue weighted by atomic mass is 10.2. The van der Waals surface area contributed by atoms with E-state index in [4.69, 9.17) is 11.6 Å². The largest absolute Gasteiger partial charge is 0.506 e. The van der Waals surface area contributed by atoms with Gasteiger partial charge in [-0.25, -0.2) is 0 Å². The molecule has 0 unspecified atom stereocenters. The van der Waals surface area contributed by atoms with Gasteiger partial charge < -0.3 is 10.2 Å². The van der Waals surface area contributed by atoms with E-state index >= 15 is 0 Å². The van der Waals surface area contributed by atoms with E-state index in [1.807, 2.05) is 0 Å². The molecule has 0 heterocycles. The van der Waals surface area contributed by atoms with Crippen molar-refractivity contribution in [1.82, 2.24) is 0 Å². The minimum absolute atomic E-state index is 0.0224. The predicted molar refractivity (Wildman–Crippen MR) is 83.9 cm³/mol. The van der Waals surface area contributed by atoms with Crippen LogP contribution in [0.15, 0.2) is 44.3 Å². The molecule has 2 aromatic carbocycles. The van der Waals surface area contributed by atoms with Gasteiger partial charge in [0.1, 0.15) is 17.2 Å². The summed E-state index contributed by atoms with van der Waals surface area (Å²) in [6, 6.07) is 8.01. The molecule has 0 radical (unpaired) electrons. The lowest BCUT2D eigenvalue weighted by molar-refractivity contribution is 0.470. The maximum absolute atomic E-state index is 9.88. The Morgan fingerprint density at radius 2 is 1.84 bits per heavy atom. The molecule has 0 aliphatic rings. The SMILES string of the molecule is Oc1ccc(Cl)cc1N=Cc1cc(Br)cc(Br)c1O. The van der Waals surface area contributed by atoms with E-state index in [2.05, 4.69) is 36.9 Å². The average Bonchev–Trinajstić information content (AvgIpc) is 2.35. The van der Waals surface area contributed by atoms with Crippen LogP contribution in [0.3, 0.4) is 0 Å². The Balaban J connectivity index is 2.40. The van der Waals surface area contributed by atoms with Gasteiger partial charge in [-0.1, -0.05) is 27.5 Å². The highest BCUT2D eigenvalue weighted by Gasteiger charge is 2.06. The van der Waals surface area contributed by atoms with Crippen LogP contribution in [0.2, 0.25) is 5.02 Å². The molecular formula is C13H8Br2ClNO2. The van der Waals surface area contributed by atoms with Gasteiger partial charge in [0.2, 0.25) is 0 Å². The summed E-state index contributed by atoms with van der Waals surface area (Å²) < 4.78 is 1.35. The van der Waals surface area contributed by atoms with Gasteiger partial charge in [0.05, 0.1) is 4.47 Å². The third-order valence-electron chi connectivity index (χ3n) is 2.34. The van der Waals surface area contributed by atoms with Gasteiger partial charge in [-0.05, 0) is 46.3 Å².